The first-order chi connectivity index (χ1) is 13.7. The lowest BCUT2D eigenvalue weighted by Crippen LogP contribution is -2.52. The summed E-state index contributed by atoms with van der Waals surface area (Å²) in [4.78, 5) is 17.0. The zero-order valence-electron chi connectivity index (χ0n) is 16.9. The summed E-state index contributed by atoms with van der Waals surface area (Å²) >= 11 is 0. The molecule has 5 nitrogen and oxygen atoms in total. The SMILES string of the molecule is CCOc1cccc(C(C)NC(=O)N2CCN(CCc3ccccc3)CC2)c1. The summed E-state index contributed by atoms with van der Waals surface area (Å²) in [5, 5.41) is 3.12. The monoisotopic (exact) mass is 381 g/mol. The second-order valence-corrected chi connectivity index (χ2v) is 7.24. The lowest BCUT2D eigenvalue weighted by molar-refractivity contribution is 0.138. The maximum absolute atomic E-state index is 12.6. The molecule has 1 saturated heterocycles. The van der Waals surface area contributed by atoms with Gasteiger partial charge in [-0.1, -0.05) is 42.5 Å². The number of hydrogen-bond donors (Lipinski definition) is 1. The molecule has 0 radical (unpaired) electrons. The van der Waals surface area contributed by atoms with Crippen LogP contribution in [0.25, 0.3) is 0 Å². The Morgan fingerprint density at radius 3 is 2.54 bits per heavy atom. The third-order valence-corrected chi connectivity index (χ3v) is 5.23. The maximum atomic E-state index is 12.6. The molecule has 0 aromatic heterocycles. The smallest absolute Gasteiger partial charge is 0.317 e. The van der Waals surface area contributed by atoms with Crippen molar-refractivity contribution >= 4 is 6.03 Å². The number of nitrogens with zero attached hydrogens (tertiary/aromatic N) is 2. The highest BCUT2D eigenvalue weighted by Gasteiger charge is 2.22. The molecule has 1 aliphatic heterocycles. The van der Waals surface area contributed by atoms with Gasteiger partial charge in [0.25, 0.3) is 0 Å². The Morgan fingerprint density at radius 2 is 1.82 bits per heavy atom. The average Bonchev–Trinajstić information content (AvgIpc) is 2.74. The van der Waals surface area contributed by atoms with Crippen molar-refractivity contribution in [3.8, 4) is 5.75 Å². The number of carbonyl (C=O) groups is 1. The van der Waals surface area contributed by atoms with E-state index < -0.39 is 0 Å². The lowest BCUT2D eigenvalue weighted by Gasteiger charge is -2.35. The maximum Gasteiger partial charge on any atom is 0.317 e. The summed E-state index contributed by atoms with van der Waals surface area (Å²) in [6.07, 6.45) is 1.06. The molecule has 1 unspecified atom stereocenters. The molecule has 150 valence electrons. The van der Waals surface area contributed by atoms with E-state index in [1.165, 1.54) is 5.56 Å². The molecular formula is C23H31N3O2. The first-order valence-corrected chi connectivity index (χ1v) is 10.2. The van der Waals surface area contributed by atoms with Crippen molar-refractivity contribution in [3.05, 3.63) is 65.7 Å². The molecule has 2 aromatic rings. The van der Waals surface area contributed by atoms with Gasteiger partial charge in [0, 0.05) is 32.7 Å². The van der Waals surface area contributed by atoms with Crippen LogP contribution in [0.1, 0.15) is 31.0 Å². The van der Waals surface area contributed by atoms with Crippen LogP contribution in [0.3, 0.4) is 0 Å². The van der Waals surface area contributed by atoms with Crippen molar-refractivity contribution in [2.75, 3.05) is 39.3 Å². The minimum atomic E-state index is -0.0518. The van der Waals surface area contributed by atoms with Crippen LogP contribution in [0.15, 0.2) is 54.6 Å². The summed E-state index contributed by atoms with van der Waals surface area (Å²) < 4.78 is 5.56. The van der Waals surface area contributed by atoms with Gasteiger partial charge in [0.2, 0.25) is 0 Å². The van der Waals surface area contributed by atoms with Gasteiger partial charge in [0.1, 0.15) is 5.75 Å². The van der Waals surface area contributed by atoms with Crippen LogP contribution in [-0.4, -0.2) is 55.2 Å². The third kappa shape index (κ3) is 5.73. The molecule has 0 saturated carbocycles. The number of urea groups is 1. The van der Waals surface area contributed by atoms with Gasteiger partial charge in [-0.2, -0.15) is 0 Å². The van der Waals surface area contributed by atoms with E-state index in [1.807, 2.05) is 43.0 Å². The van der Waals surface area contributed by atoms with E-state index in [-0.39, 0.29) is 12.1 Å². The van der Waals surface area contributed by atoms with E-state index >= 15 is 0 Å². The highest BCUT2D eigenvalue weighted by atomic mass is 16.5. The van der Waals surface area contributed by atoms with E-state index in [4.69, 9.17) is 4.74 Å². The standard InChI is InChI=1S/C23H31N3O2/c1-3-28-22-11-7-10-21(18-22)19(2)24-23(27)26-16-14-25(15-17-26)13-12-20-8-5-4-6-9-20/h4-11,18-19H,3,12-17H2,1-2H3,(H,24,27). The number of rotatable bonds is 7. The summed E-state index contributed by atoms with van der Waals surface area (Å²) in [5.41, 5.74) is 2.42. The Kier molecular flexibility index (Phi) is 7.31. The Bertz CT molecular complexity index is 743. The van der Waals surface area contributed by atoms with E-state index in [0.717, 1.165) is 50.5 Å². The number of carbonyl (C=O) groups excluding carboxylic acids is 1. The molecule has 1 N–H and O–H groups in total. The van der Waals surface area contributed by atoms with Crippen LogP contribution in [-0.2, 0) is 6.42 Å². The van der Waals surface area contributed by atoms with E-state index in [9.17, 15) is 4.79 Å². The molecule has 1 aliphatic rings. The molecule has 28 heavy (non-hydrogen) atoms. The first-order valence-electron chi connectivity index (χ1n) is 10.2. The second kappa shape index (κ2) is 10.1. The number of benzene rings is 2. The van der Waals surface area contributed by atoms with Crippen LogP contribution >= 0.6 is 0 Å². The zero-order valence-corrected chi connectivity index (χ0v) is 16.9. The third-order valence-electron chi connectivity index (χ3n) is 5.23. The molecule has 0 spiro atoms. The van der Waals surface area contributed by atoms with Crippen molar-refractivity contribution in [3.63, 3.8) is 0 Å². The summed E-state index contributed by atoms with van der Waals surface area (Å²) in [6.45, 7) is 9.05. The van der Waals surface area contributed by atoms with Crippen LogP contribution in [0.5, 0.6) is 5.75 Å². The fourth-order valence-electron chi connectivity index (χ4n) is 3.51. The number of hydrogen-bond acceptors (Lipinski definition) is 3. The lowest BCUT2D eigenvalue weighted by atomic mass is 10.1. The topological polar surface area (TPSA) is 44.8 Å². The predicted octanol–water partition coefficient (Wildman–Crippen LogP) is 3.72. The van der Waals surface area contributed by atoms with Gasteiger partial charge in [-0.15, -0.1) is 0 Å². The van der Waals surface area contributed by atoms with E-state index in [1.54, 1.807) is 0 Å². The minimum Gasteiger partial charge on any atom is -0.494 e. The fraction of sp³-hybridized carbons (Fsp3) is 0.435. The molecular weight excluding hydrogens is 350 g/mol. The first kappa shape index (κ1) is 20.2. The van der Waals surface area contributed by atoms with Crippen molar-refractivity contribution < 1.29 is 9.53 Å². The van der Waals surface area contributed by atoms with Crippen molar-refractivity contribution in [2.45, 2.75) is 26.3 Å². The number of amides is 2. The van der Waals surface area contributed by atoms with Gasteiger partial charge < -0.3 is 15.0 Å². The molecule has 0 aliphatic carbocycles. The van der Waals surface area contributed by atoms with Crippen molar-refractivity contribution in [1.29, 1.82) is 0 Å². The summed E-state index contributed by atoms with van der Waals surface area (Å²) in [6, 6.07) is 18.5. The average molecular weight is 382 g/mol. The molecule has 0 bridgehead atoms. The zero-order chi connectivity index (χ0) is 19.8. The van der Waals surface area contributed by atoms with Gasteiger partial charge in [-0.3, -0.25) is 4.90 Å². The molecule has 1 heterocycles. The van der Waals surface area contributed by atoms with Gasteiger partial charge in [-0.25, -0.2) is 4.79 Å². The van der Waals surface area contributed by atoms with Crippen molar-refractivity contribution in [2.24, 2.45) is 0 Å². The number of nitrogens with one attached hydrogen (secondary N) is 1. The normalized spacial score (nSPS) is 15.9. The Balaban J connectivity index is 1.44. The molecule has 2 aromatic carbocycles. The highest BCUT2D eigenvalue weighted by Crippen LogP contribution is 2.19. The van der Waals surface area contributed by atoms with Gasteiger partial charge >= 0.3 is 6.03 Å². The van der Waals surface area contributed by atoms with E-state index in [2.05, 4.69) is 40.5 Å². The molecule has 1 fully saturated rings. The molecule has 5 heteroatoms. The second-order valence-electron chi connectivity index (χ2n) is 7.24. The largest absolute Gasteiger partial charge is 0.494 e. The highest BCUT2D eigenvalue weighted by molar-refractivity contribution is 5.74. The number of piperazine rings is 1. The Labute approximate surface area is 168 Å². The van der Waals surface area contributed by atoms with Crippen LogP contribution in [0, 0.1) is 0 Å². The summed E-state index contributed by atoms with van der Waals surface area (Å²) in [7, 11) is 0. The van der Waals surface area contributed by atoms with Crippen LogP contribution in [0.4, 0.5) is 4.79 Å². The minimum absolute atomic E-state index is 0.0111. The molecule has 1 atom stereocenters. The quantitative estimate of drug-likeness (QED) is 0.795. The van der Waals surface area contributed by atoms with E-state index in [0.29, 0.717) is 6.61 Å². The number of ether oxygens (including phenoxy) is 1. The summed E-state index contributed by atoms with van der Waals surface area (Å²) in [5.74, 6) is 0.841. The molecule has 2 amide bonds. The van der Waals surface area contributed by atoms with Gasteiger partial charge in [-0.05, 0) is 43.5 Å². The van der Waals surface area contributed by atoms with Crippen molar-refractivity contribution in [1.82, 2.24) is 15.1 Å². The fourth-order valence-corrected chi connectivity index (χ4v) is 3.51. The molecule has 3 rings (SSSR count). The van der Waals surface area contributed by atoms with Gasteiger partial charge in [0.05, 0.1) is 12.6 Å². The Morgan fingerprint density at radius 1 is 1.07 bits per heavy atom. The Hall–Kier alpha value is -2.53. The van der Waals surface area contributed by atoms with Crippen LogP contribution in [0.2, 0.25) is 0 Å². The van der Waals surface area contributed by atoms with Gasteiger partial charge in [0.15, 0.2) is 0 Å². The van der Waals surface area contributed by atoms with Crippen LogP contribution < -0.4 is 10.1 Å². The predicted molar refractivity (Wildman–Crippen MR) is 113 cm³/mol.